The molecule has 0 radical (unpaired) electrons. The Labute approximate surface area is 105 Å². The number of halogens is 6. The first kappa shape index (κ1) is 15.7. The topological polar surface area (TPSA) is 76.1 Å². The van der Waals surface area contributed by atoms with Crippen molar-refractivity contribution in [3.63, 3.8) is 0 Å². The Hall–Kier alpha value is -1.37. The van der Waals surface area contributed by atoms with Crippen molar-refractivity contribution in [2.24, 2.45) is 0 Å². The summed E-state index contributed by atoms with van der Waals surface area (Å²) >= 11 is 0.0609. The van der Waals surface area contributed by atoms with E-state index in [0.29, 0.717) is 10.1 Å². The molecule has 0 aliphatic heterocycles. The van der Waals surface area contributed by atoms with E-state index in [1.54, 1.807) is 0 Å². The van der Waals surface area contributed by atoms with Crippen molar-refractivity contribution in [2.75, 3.05) is 0 Å². The molecule has 0 spiro atoms. The number of alkyl halides is 6. The van der Waals surface area contributed by atoms with Gasteiger partial charge in [-0.2, -0.15) is 34.8 Å². The third kappa shape index (κ3) is 3.56. The minimum absolute atomic E-state index is 0.0609. The highest BCUT2D eigenvalue weighted by atomic mass is 32.2. The number of sulfonamides is 1. The van der Waals surface area contributed by atoms with Gasteiger partial charge in [-0.3, -0.25) is 4.79 Å². The van der Waals surface area contributed by atoms with Gasteiger partial charge in [0.05, 0.1) is 0 Å². The first-order valence-electron chi connectivity index (χ1n) is 4.01. The van der Waals surface area contributed by atoms with Gasteiger partial charge < -0.3 is 0 Å². The highest BCUT2D eigenvalue weighted by Crippen LogP contribution is 2.30. The lowest BCUT2D eigenvalue weighted by atomic mass is 10.5. The molecule has 13 heteroatoms. The predicted molar refractivity (Wildman–Crippen MR) is 49.6 cm³/mol. The highest BCUT2D eigenvalue weighted by molar-refractivity contribution is 7.90. The summed E-state index contributed by atoms with van der Waals surface area (Å²) in [6.07, 6.45) is -4.89. The number of carbonyl (C=O) groups excluding carboxylic acids is 1. The summed E-state index contributed by atoms with van der Waals surface area (Å²) in [5.41, 5.74) is -7.26. The SMILES string of the molecule is O=C(NS(=O)(=O)C(F)(F)F)c1nc(C(F)(F)F)cs1. The van der Waals surface area contributed by atoms with Crippen molar-refractivity contribution >= 4 is 27.3 Å². The number of rotatable bonds is 2. The first-order chi connectivity index (χ1) is 8.34. The van der Waals surface area contributed by atoms with Gasteiger partial charge in [-0.15, -0.1) is 11.3 Å². The Balaban J connectivity index is 2.95. The van der Waals surface area contributed by atoms with E-state index in [0.717, 1.165) is 0 Å². The summed E-state index contributed by atoms with van der Waals surface area (Å²) in [4.78, 5) is 13.7. The van der Waals surface area contributed by atoms with Crippen molar-refractivity contribution in [1.82, 2.24) is 9.71 Å². The normalized spacial score (nSPS) is 13.4. The van der Waals surface area contributed by atoms with Crippen LogP contribution in [0, 0.1) is 0 Å². The summed E-state index contributed by atoms with van der Waals surface area (Å²) in [6.45, 7) is 0. The lowest BCUT2D eigenvalue weighted by Crippen LogP contribution is -2.40. The monoisotopic (exact) mass is 328 g/mol. The number of thiazole rings is 1. The van der Waals surface area contributed by atoms with Gasteiger partial charge in [0.25, 0.3) is 5.91 Å². The second kappa shape index (κ2) is 4.63. The fourth-order valence-corrected chi connectivity index (χ4v) is 1.97. The lowest BCUT2D eigenvalue weighted by Gasteiger charge is -2.07. The summed E-state index contributed by atoms with van der Waals surface area (Å²) in [5, 5.41) is -0.685. The van der Waals surface area contributed by atoms with Gasteiger partial charge >= 0.3 is 21.7 Å². The molecular weight excluding hydrogens is 326 g/mol. The maximum atomic E-state index is 12.1. The van der Waals surface area contributed by atoms with Gasteiger partial charge in [-0.25, -0.2) is 9.71 Å². The molecule has 19 heavy (non-hydrogen) atoms. The molecular formula is C6H2F6N2O3S2. The average Bonchev–Trinajstić information content (AvgIpc) is 2.62. The largest absolute Gasteiger partial charge is 0.516 e. The molecule has 0 unspecified atom stereocenters. The van der Waals surface area contributed by atoms with Gasteiger partial charge in [-0.1, -0.05) is 0 Å². The number of hydrogen-bond acceptors (Lipinski definition) is 5. The highest BCUT2D eigenvalue weighted by Gasteiger charge is 2.47. The van der Waals surface area contributed by atoms with Crippen LogP contribution < -0.4 is 4.72 Å². The van der Waals surface area contributed by atoms with Gasteiger partial charge in [0.2, 0.25) is 0 Å². The van der Waals surface area contributed by atoms with Gasteiger partial charge in [0.1, 0.15) is 0 Å². The molecule has 0 saturated carbocycles. The lowest BCUT2D eigenvalue weighted by molar-refractivity contribution is -0.140. The standard InChI is InChI=1S/C6H2F6N2O3S2/c7-5(8,9)2-1-18-4(13-2)3(15)14-19(16,17)6(10,11)12/h1H,(H,14,15). The van der Waals surface area contributed by atoms with Crippen LogP contribution in [-0.2, 0) is 16.2 Å². The second-order valence-corrected chi connectivity index (χ2v) is 5.45. The minimum atomic E-state index is -5.99. The molecule has 5 nitrogen and oxygen atoms in total. The van der Waals surface area contributed by atoms with Crippen LogP contribution in [0.25, 0.3) is 0 Å². The summed E-state index contributed by atoms with van der Waals surface area (Å²) < 4.78 is 93.7. The zero-order valence-electron chi connectivity index (χ0n) is 8.33. The van der Waals surface area contributed by atoms with Crippen molar-refractivity contribution in [2.45, 2.75) is 11.7 Å². The molecule has 1 aromatic heterocycles. The molecule has 0 aromatic carbocycles. The Morgan fingerprint density at radius 3 is 2.11 bits per heavy atom. The molecule has 0 atom stereocenters. The maximum Gasteiger partial charge on any atom is 0.516 e. The van der Waals surface area contributed by atoms with Gasteiger partial charge in [0.15, 0.2) is 10.7 Å². The van der Waals surface area contributed by atoms with E-state index in [2.05, 4.69) is 4.98 Å². The molecule has 0 aliphatic rings. The Kier molecular flexibility index (Phi) is 3.82. The molecule has 1 heterocycles. The molecule has 1 N–H and O–H groups in total. The first-order valence-corrected chi connectivity index (χ1v) is 6.37. The van der Waals surface area contributed by atoms with E-state index in [4.69, 9.17) is 0 Å². The third-order valence-electron chi connectivity index (χ3n) is 1.52. The van der Waals surface area contributed by atoms with Crippen LogP contribution >= 0.6 is 11.3 Å². The number of carbonyl (C=O) groups is 1. The Morgan fingerprint density at radius 1 is 1.21 bits per heavy atom. The van der Waals surface area contributed by atoms with E-state index in [9.17, 15) is 39.6 Å². The maximum absolute atomic E-state index is 12.1. The van der Waals surface area contributed by atoms with Crippen LogP contribution in [0.2, 0.25) is 0 Å². The third-order valence-corrected chi connectivity index (χ3v) is 3.43. The predicted octanol–water partition coefficient (Wildman–Crippen LogP) is 1.74. The molecule has 0 aliphatic carbocycles. The van der Waals surface area contributed by atoms with E-state index in [1.165, 1.54) is 0 Å². The van der Waals surface area contributed by atoms with Crippen LogP contribution in [0.3, 0.4) is 0 Å². The van der Waals surface area contributed by atoms with E-state index in [-0.39, 0.29) is 11.3 Å². The fourth-order valence-electron chi connectivity index (χ4n) is 0.732. The van der Waals surface area contributed by atoms with E-state index < -0.39 is 38.3 Å². The molecule has 1 rings (SSSR count). The number of nitrogens with one attached hydrogen (secondary N) is 1. The average molecular weight is 328 g/mol. The summed E-state index contributed by atoms with van der Waals surface area (Å²) in [5.74, 6) is -1.89. The van der Waals surface area contributed by atoms with Crippen LogP contribution in [0.4, 0.5) is 26.3 Å². The number of nitrogens with zero attached hydrogens (tertiary/aromatic N) is 1. The zero-order chi connectivity index (χ0) is 15.1. The number of hydrogen-bond donors (Lipinski definition) is 1. The van der Waals surface area contributed by atoms with Crippen molar-refractivity contribution in [1.29, 1.82) is 0 Å². The van der Waals surface area contributed by atoms with Gasteiger partial charge in [0, 0.05) is 5.38 Å². The van der Waals surface area contributed by atoms with Crippen molar-refractivity contribution < 1.29 is 39.6 Å². The quantitative estimate of drug-likeness (QED) is 0.839. The molecule has 0 fully saturated rings. The second-order valence-electron chi connectivity index (χ2n) is 2.92. The van der Waals surface area contributed by atoms with Gasteiger partial charge in [-0.05, 0) is 0 Å². The van der Waals surface area contributed by atoms with Crippen molar-refractivity contribution in [3.8, 4) is 0 Å². The van der Waals surface area contributed by atoms with Crippen LogP contribution in [-0.4, -0.2) is 24.8 Å². The van der Waals surface area contributed by atoms with Crippen LogP contribution in [0.1, 0.15) is 15.5 Å². The Bertz CT molecular complexity index is 587. The number of aromatic nitrogens is 1. The minimum Gasteiger partial charge on any atom is -0.265 e. The zero-order valence-corrected chi connectivity index (χ0v) is 9.97. The summed E-state index contributed by atoms with van der Waals surface area (Å²) in [7, 11) is -5.99. The van der Waals surface area contributed by atoms with E-state index in [1.807, 2.05) is 0 Å². The molecule has 108 valence electrons. The van der Waals surface area contributed by atoms with Crippen LogP contribution in [0.15, 0.2) is 5.38 Å². The van der Waals surface area contributed by atoms with E-state index >= 15 is 0 Å². The molecule has 0 bridgehead atoms. The van der Waals surface area contributed by atoms with Crippen molar-refractivity contribution in [3.05, 3.63) is 16.1 Å². The van der Waals surface area contributed by atoms with Crippen LogP contribution in [0.5, 0.6) is 0 Å². The Morgan fingerprint density at radius 2 is 1.74 bits per heavy atom. The molecule has 1 aromatic rings. The summed E-state index contributed by atoms with van der Waals surface area (Å²) in [6, 6.07) is 0. The molecule has 1 amide bonds. The number of amides is 1. The fraction of sp³-hybridized carbons (Fsp3) is 0.333. The molecule has 0 saturated heterocycles. The smallest absolute Gasteiger partial charge is 0.265 e.